The maximum Gasteiger partial charge on any atom is 0.260 e. The van der Waals surface area contributed by atoms with Gasteiger partial charge in [-0.05, 0) is 29.8 Å². The first-order valence-corrected chi connectivity index (χ1v) is 7.05. The Hall–Kier alpha value is -2.47. The highest BCUT2D eigenvalue weighted by Crippen LogP contribution is 2.10. The van der Waals surface area contributed by atoms with Crippen LogP contribution in [0.3, 0.4) is 0 Å². The van der Waals surface area contributed by atoms with E-state index in [1.165, 1.54) is 0 Å². The highest BCUT2D eigenvalue weighted by atomic mass is 79.9. The number of nitrogens with zero attached hydrogens (tertiary/aromatic N) is 2. The largest absolute Gasteiger partial charge is 0.291 e. The van der Waals surface area contributed by atoms with E-state index >= 15 is 0 Å². The van der Waals surface area contributed by atoms with Crippen molar-refractivity contribution < 1.29 is 0 Å². The van der Waals surface area contributed by atoms with E-state index in [1.54, 1.807) is 24.4 Å². The van der Waals surface area contributed by atoms with Crippen molar-refractivity contribution in [1.82, 2.24) is 9.97 Å². The fraction of sp³-hybridized carbons (Fsp3) is 0. The maximum absolute atomic E-state index is 11.9. The summed E-state index contributed by atoms with van der Waals surface area (Å²) >= 11 is 3.37. The molecule has 21 heavy (non-hydrogen) atoms. The van der Waals surface area contributed by atoms with Gasteiger partial charge in [0.15, 0.2) is 0 Å². The van der Waals surface area contributed by atoms with Gasteiger partial charge in [-0.25, -0.2) is 10.4 Å². The van der Waals surface area contributed by atoms with E-state index in [1.807, 2.05) is 30.3 Å². The van der Waals surface area contributed by atoms with Gasteiger partial charge in [-0.1, -0.05) is 40.2 Å². The number of nitrogens with one attached hydrogen (secondary N) is 2. The summed E-state index contributed by atoms with van der Waals surface area (Å²) in [4.78, 5) is 18.8. The van der Waals surface area contributed by atoms with E-state index in [-0.39, 0.29) is 5.56 Å². The number of benzene rings is 2. The van der Waals surface area contributed by atoms with Gasteiger partial charge in [0, 0.05) is 4.47 Å². The lowest BCUT2D eigenvalue weighted by atomic mass is 10.2. The summed E-state index contributed by atoms with van der Waals surface area (Å²) in [5.41, 5.74) is 4.11. The van der Waals surface area contributed by atoms with Crippen LogP contribution in [0.2, 0.25) is 0 Å². The molecule has 1 aromatic heterocycles. The van der Waals surface area contributed by atoms with Crippen LogP contribution in [0.5, 0.6) is 0 Å². The molecule has 5 nitrogen and oxygen atoms in total. The molecule has 0 aliphatic rings. The minimum absolute atomic E-state index is 0.193. The summed E-state index contributed by atoms with van der Waals surface area (Å²) in [6.45, 7) is 0. The SMILES string of the molecule is O=c1[nH]c(N/N=C\c2ccc(Br)cc2)nc2ccccc12. The normalized spacial score (nSPS) is 11.1. The van der Waals surface area contributed by atoms with Crippen LogP contribution < -0.4 is 11.0 Å². The first kappa shape index (κ1) is 13.5. The molecule has 6 heteroatoms. The topological polar surface area (TPSA) is 70.1 Å². The number of hydrogen-bond acceptors (Lipinski definition) is 4. The van der Waals surface area contributed by atoms with Gasteiger partial charge in [0.2, 0.25) is 5.95 Å². The number of para-hydroxylation sites is 1. The third-order valence-corrected chi connectivity index (χ3v) is 3.40. The van der Waals surface area contributed by atoms with Crippen LogP contribution in [0, 0.1) is 0 Å². The molecule has 0 aliphatic heterocycles. The van der Waals surface area contributed by atoms with Gasteiger partial charge in [-0.3, -0.25) is 9.78 Å². The Bertz CT molecular complexity index is 855. The van der Waals surface area contributed by atoms with Crippen LogP contribution in [0.25, 0.3) is 10.9 Å². The smallest absolute Gasteiger partial charge is 0.260 e. The Labute approximate surface area is 128 Å². The molecule has 0 spiro atoms. The lowest BCUT2D eigenvalue weighted by Gasteiger charge is -2.01. The number of rotatable bonds is 3. The third-order valence-electron chi connectivity index (χ3n) is 2.87. The fourth-order valence-electron chi connectivity index (χ4n) is 1.86. The average molecular weight is 343 g/mol. The molecule has 0 atom stereocenters. The zero-order chi connectivity index (χ0) is 14.7. The minimum Gasteiger partial charge on any atom is -0.291 e. The van der Waals surface area contributed by atoms with Crippen molar-refractivity contribution in [2.75, 3.05) is 5.43 Å². The quantitative estimate of drug-likeness (QED) is 0.567. The van der Waals surface area contributed by atoms with Gasteiger partial charge in [-0.2, -0.15) is 5.10 Å². The number of hydrazone groups is 1. The van der Waals surface area contributed by atoms with E-state index in [2.05, 4.69) is 36.4 Å². The van der Waals surface area contributed by atoms with Crippen LogP contribution >= 0.6 is 15.9 Å². The lowest BCUT2D eigenvalue weighted by Crippen LogP contribution is -2.10. The van der Waals surface area contributed by atoms with Gasteiger partial charge in [-0.15, -0.1) is 0 Å². The van der Waals surface area contributed by atoms with Crippen molar-refractivity contribution in [2.24, 2.45) is 5.10 Å². The molecular formula is C15H11BrN4O. The fourth-order valence-corrected chi connectivity index (χ4v) is 2.12. The summed E-state index contributed by atoms with van der Waals surface area (Å²) in [5.74, 6) is 0.312. The number of halogens is 1. The number of aromatic nitrogens is 2. The Kier molecular flexibility index (Phi) is 3.79. The summed E-state index contributed by atoms with van der Waals surface area (Å²) in [6, 6.07) is 14.9. The second-order valence-electron chi connectivity index (χ2n) is 4.35. The molecule has 2 aromatic carbocycles. The zero-order valence-electron chi connectivity index (χ0n) is 10.9. The zero-order valence-corrected chi connectivity index (χ0v) is 12.5. The summed E-state index contributed by atoms with van der Waals surface area (Å²) in [6.07, 6.45) is 1.65. The number of aromatic amines is 1. The maximum atomic E-state index is 11.9. The van der Waals surface area contributed by atoms with Crippen LogP contribution in [-0.4, -0.2) is 16.2 Å². The van der Waals surface area contributed by atoms with E-state index in [0.717, 1.165) is 10.0 Å². The van der Waals surface area contributed by atoms with Crippen LogP contribution in [0.15, 0.2) is 62.9 Å². The van der Waals surface area contributed by atoms with Gasteiger partial charge >= 0.3 is 0 Å². The van der Waals surface area contributed by atoms with Crippen molar-refractivity contribution in [3.05, 3.63) is 68.9 Å². The first-order chi connectivity index (χ1) is 10.2. The summed E-state index contributed by atoms with van der Waals surface area (Å²) in [5, 5.41) is 4.62. The first-order valence-electron chi connectivity index (χ1n) is 6.26. The molecule has 0 bridgehead atoms. The van der Waals surface area contributed by atoms with Gasteiger partial charge in [0.25, 0.3) is 5.56 Å². The standard InChI is InChI=1S/C15H11BrN4O/c16-11-7-5-10(6-8-11)9-17-20-15-18-13-4-2-1-3-12(13)14(21)19-15/h1-9H,(H2,18,19,20,21)/b17-9-. The minimum atomic E-state index is -0.193. The molecule has 3 rings (SSSR count). The summed E-state index contributed by atoms with van der Waals surface area (Å²) in [7, 11) is 0. The Morgan fingerprint density at radius 1 is 1.14 bits per heavy atom. The van der Waals surface area contributed by atoms with E-state index < -0.39 is 0 Å². The number of fused-ring (bicyclic) bond motifs is 1. The van der Waals surface area contributed by atoms with Crippen molar-refractivity contribution in [3.63, 3.8) is 0 Å². The highest BCUT2D eigenvalue weighted by Gasteiger charge is 2.01. The van der Waals surface area contributed by atoms with Gasteiger partial charge in [0.05, 0.1) is 17.1 Å². The molecule has 0 unspecified atom stereocenters. The second-order valence-corrected chi connectivity index (χ2v) is 5.27. The average Bonchev–Trinajstić information content (AvgIpc) is 2.49. The predicted molar refractivity (Wildman–Crippen MR) is 87.7 cm³/mol. The molecule has 0 aliphatic carbocycles. The summed E-state index contributed by atoms with van der Waals surface area (Å²) < 4.78 is 1.01. The molecule has 0 saturated heterocycles. The van der Waals surface area contributed by atoms with Crippen molar-refractivity contribution in [3.8, 4) is 0 Å². The van der Waals surface area contributed by atoms with E-state index in [4.69, 9.17) is 0 Å². The Morgan fingerprint density at radius 2 is 1.90 bits per heavy atom. The van der Waals surface area contributed by atoms with Crippen molar-refractivity contribution >= 4 is 39.0 Å². The molecule has 0 fully saturated rings. The van der Waals surface area contributed by atoms with E-state index in [0.29, 0.717) is 16.9 Å². The second kappa shape index (κ2) is 5.88. The molecule has 0 saturated carbocycles. The number of anilines is 1. The van der Waals surface area contributed by atoms with Crippen LogP contribution in [0.1, 0.15) is 5.56 Å². The molecular weight excluding hydrogens is 332 g/mol. The van der Waals surface area contributed by atoms with Crippen LogP contribution in [-0.2, 0) is 0 Å². The van der Waals surface area contributed by atoms with Crippen molar-refractivity contribution in [2.45, 2.75) is 0 Å². The molecule has 2 N–H and O–H groups in total. The molecule has 0 radical (unpaired) electrons. The lowest BCUT2D eigenvalue weighted by molar-refractivity contribution is 1.12. The van der Waals surface area contributed by atoms with Crippen LogP contribution in [0.4, 0.5) is 5.95 Å². The molecule has 104 valence electrons. The predicted octanol–water partition coefficient (Wildman–Crippen LogP) is 3.13. The van der Waals surface area contributed by atoms with Gasteiger partial charge in [0.1, 0.15) is 0 Å². The number of H-pyrrole nitrogens is 1. The third kappa shape index (κ3) is 3.17. The Morgan fingerprint density at radius 3 is 2.71 bits per heavy atom. The number of hydrogen-bond donors (Lipinski definition) is 2. The van der Waals surface area contributed by atoms with E-state index in [9.17, 15) is 4.79 Å². The molecule has 0 amide bonds. The molecule has 3 aromatic rings. The van der Waals surface area contributed by atoms with Crippen molar-refractivity contribution in [1.29, 1.82) is 0 Å². The monoisotopic (exact) mass is 342 g/mol. The molecule has 1 heterocycles. The Balaban J connectivity index is 1.82. The highest BCUT2D eigenvalue weighted by molar-refractivity contribution is 9.10. The van der Waals surface area contributed by atoms with Gasteiger partial charge < -0.3 is 0 Å².